The van der Waals surface area contributed by atoms with E-state index in [1.165, 1.54) is 0 Å². The fourth-order valence-corrected chi connectivity index (χ4v) is 4.03. The number of nitrogens with one attached hydrogen (secondary N) is 1. The average Bonchev–Trinajstić information content (AvgIpc) is 2.68. The molecule has 0 aliphatic heterocycles. The highest BCUT2D eigenvalue weighted by Crippen LogP contribution is 2.24. The van der Waals surface area contributed by atoms with Crippen molar-refractivity contribution in [3.8, 4) is 0 Å². The summed E-state index contributed by atoms with van der Waals surface area (Å²) in [7, 11) is -2.84. The molecular weight excluding hydrogens is 234 g/mol. The van der Waals surface area contributed by atoms with E-state index in [-0.39, 0.29) is 5.25 Å². The Bertz CT molecular complexity index is 311. The second kappa shape index (κ2) is 6.19. The van der Waals surface area contributed by atoms with Gasteiger partial charge in [-0.25, -0.2) is 8.42 Å². The van der Waals surface area contributed by atoms with Crippen molar-refractivity contribution in [2.75, 3.05) is 18.8 Å². The van der Waals surface area contributed by atoms with Crippen LogP contribution in [0.1, 0.15) is 52.9 Å². The molecule has 1 aliphatic carbocycles. The summed E-state index contributed by atoms with van der Waals surface area (Å²) in [6.45, 7) is 8.11. The first-order valence-corrected chi connectivity index (χ1v) is 8.45. The Hall–Kier alpha value is -0.0900. The highest BCUT2D eigenvalue weighted by atomic mass is 32.2. The Labute approximate surface area is 106 Å². The molecule has 0 saturated heterocycles. The minimum Gasteiger partial charge on any atom is -0.316 e. The van der Waals surface area contributed by atoms with Crippen LogP contribution < -0.4 is 5.32 Å². The Morgan fingerprint density at radius 2 is 1.71 bits per heavy atom. The van der Waals surface area contributed by atoms with Crippen molar-refractivity contribution in [1.82, 2.24) is 5.32 Å². The third-order valence-electron chi connectivity index (χ3n) is 3.43. The van der Waals surface area contributed by atoms with Gasteiger partial charge in [0.1, 0.15) is 0 Å². The summed E-state index contributed by atoms with van der Waals surface area (Å²) in [5.74, 6) is 0.307. The molecule has 3 nitrogen and oxygen atoms in total. The molecule has 0 amide bonds. The van der Waals surface area contributed by atoms with E-state index in [9.17, 15) is 8.42 Å². The van der Waals surface area contributed by atoms with Crippen molar-refractivity contribution in [1.29, 1.82) is 0 Å². The summed E-state index contributed by atoms with van der Waals surface area (Å²) < 4.78 is 23.9. The molecule has 1 rings (SSSR count). The Morgan fingerprint density at radius 3 is 2.24 bits per heavy atom. The summed E-state index contributed by atoms with van der Waals surface area (Å²) in [6.07, 6.45) is 5.01. The molecule has 1 N–H and O–H groups in total. The van der Waals surface area contributed by atoms with Crippen molar-refractivity contribution >= 4 is 9.84 Å². The molecule has 4 heteroatoms. The fourth-order valence-electron chi connectivity index (χ4n) is 2.22. The van der Waals surface area contributed by atoms with Crippen LogP contribution in [-0.4, -0.2) is 32.5 Å². The maximum absolute atomic E-state index is 12.0. The van der Waals surface area contributed by atoms with Crippen LogP contribution in [0.5, 0.6) is 0 Å². The summed E-state index contributed by atoms with van der Waals surface area (Å²) in [5.41, 5.74) is 0.317. The lowest BCUT2D eigenvalue weighted by molar-refractivity contribution is 0.369. The van der Waals surface area contributed by atoms with Crippen molar-refractivity contribution in [3.05, 3.63) is 0 Å². The van der Waals surface area contributed by atoms with Gasteiger partial charge >= 0.3 is 0 Å². The van der Waals surface area contributed by atoms with Gasteiger partial charge in [-0.3, -0.25) is 0 Å². The molecule has 0 aromatic rings. The van der Waals surface area contributed by atoms with E-state index in [0.717, 1.165) is 38.6 Å². The van der Waals surface area contributed by atoms with Crippen LogP contribution in [0.3, 0.4) is 0 Å². The predicted octanol–water partition coefficient (Wildman–Crippen LogP) is 2.37. The minimum absolute atomic E-state index is 0.0492. The van der Waals surface area contributed by atoms with Crippen LogP contribution in [0.15, 0.2) is 0 Å². The van der Waals surface area contributed by atoms with E-state index < -0.39 is 9.84 Å². The first-order chi connectivity index (χ1) is 7.81. The Balaban J connectivity index is 2.17. The van der Waals surface area contributed by atoms with E-state index in [1.54, 1.807) is 0 Å². The van der Waals surface area contributed by atoms with Crippen LogP contribution >= 0.6 is 0 Å². The van der Waals surface area contributed by atoms with Gasteiger partial charge in [-0.2, -0.15) is 0 Å². The number of rotatable bonds is 6. The van der Waals surface area contributed by atoms with Crippen LogP contribution in [0.25, 0.3) is 0 Å². The molecule has 1 saturated carbocycles. The first-order valence-electron chi connectivity index (χ1n) is 6.73. The quantitative estimate of drug-likeness (QED) is 0.747. The van der Waals surface area contributed by atoms with Gasteiger partial charge in [-0.15, -0.1) is 0 Å². The van der Waals surface area contributed by atoms with Gasteiger partial charge in [0, 0.05) is 6.54 Å². The predicted molar refractivity (Wildman–Crippen MR) is 73.0 cm³/mol. The van der Waals surface area contributed by atoms with Gasteiger partial charge in [0.25, 0.3) is 0 Å². The largest absolute Gasteiger partial charge is 0.316 e. The maximum atomic E-state index is 12.0. The van der Waals surface area contributed by atoms with Crippen molar-refractivity contribution < 1.29 is 8.42 Å². The van der Waals surface area contributed by atoms with Crippen molar-refractivity contribution in [3.63, 3.8) is 0 Å². The molecule has 0 aromatic heterocycles. The van der Waals surface area contributed by atoms with Gasteiger partial charge in [-0.1, -0.05) is 33.6 Å². The molecule has 0 unspecified atom stereocenters. The highest BCUT2D eigenvalue weighted by Gasteiger charge is 2.27. The molecule has 0 spiro atoms. The molecule has 0 atom stereocenters. The second-order valence-corrected chi connectivity index (χ2v) is 8.73. The fraction of sp³-hybridized carbons (Fsp3) is 1.00. The molecule has 0 radical (unpaired) electrons. The first kappa shape index (κ1) is 15.0. The molecule has 0 aromatic carbocycles. The molecule has 102 valence electrons. The Morgan fingerprint density at radius 1 is 1.12 bits per heavy atom. The smallest absolute Gasteiger partial charge is 0.154 e. The number of hydrogen-bond acceptors (Lipinski definition) is 3. The lowest BCUT2D eigenvalue weighted by atomic mass is 9.92. The number of hydrogen-bond donors (Lipinski definition) is 1. The summed E-state index contributed by atoms with van der Waals surface area (Å²) >= 11 is 0. The highest BCUT2D eigenvalue weighted by molar-refractivity contribution is 7.92. The van der Waals surface area contributed by atoms with Crippen molar-refractivity contribution in [2.45, 2.75) is 58.1 Å². The molecule has 0 bridgehead atoms. The summed E-state index contributed by atoms with van der Waals surface area (Å²) in [4.78, 5) is 0. The van der Waals surface area contributed by atoms with E-state index >= 15 is 0 Å². The zero-order chi connectivity index (χ0) is 12.9. The van der Waals surface area contributed by atoms with Gasteiger partial charge in [0.15, 0.2) is 9.84 Å². The third kappa shape index (κ3) is 5.87. The SMILES string of the molecule is CC(C)(C)CCNCCS(=O)(=O)C1CCCC1. The Kier molecular flexibility index (Phi) is 5.45. The summed E-state index contributed by atoms with van der Waals surface area (Å²) in [6, 6.07) is 0. The molecule has 1 aliphatic rings. The maximum Gasteiger partial charge on any atom is 0.154 e. The van der Waals surface area contributed by atoms with Gasteiger partial charge in [0.2, 0.25) is 0 Å². The zero-order valence-corrected chi connectivity index (χ0v) is 12.3. The second-order valence-electron chi connectivity index (χ2n) is 6.33. The lowest BCUT2D eigenvalue weighted by Crippen LogP contribution is -2.30. The minimum atomic E-state index is -2.84. The number of sulfone groups is 1. The third-order valence-corrected chi connectivity index (χ3v) is 5.69. The van der Waals surface area contributed by atoms with E-state index in [0.29, 0.717) is 17.7 Å². The standard InChI is InChI=1S/C13H27NO2S/c1-13(2,3)8-9-14-10-11-17(15,16)12-6-4-5-7-12/h12,14H,4-11H2,1-3H3. The monoisotopic (exact) mass is 261 g/mol. The van der Waals surface area contributed by atoms with E-state index in [4.69, 9.17) is 0 Å². The van der Waals surface area contributed by atoms with Crippen LogP contribution in [0.4, 0.5) is 0 Å². The normalized spacial score (nSPS) is 18.8. The zero-order valence-electron chi connectivity index (χ0n) is 11.5. The van der Waals surface area contributed by atoms with Crippen LogP contribution in [-0.2, 0) is 9.84 Å². The molecule has 17 heavy (non-hydrogen) atoms. The molecule has 1 fully saturated rings. The molecular formula is C13H27NO2S. The topological polar surface area (TPSA) is 46.2 Å². The molecule has 0 heterocycles. The average molecular weight is 261 g/mol. The van der Waals surface area contributed by atoms with Gasteiger partial charge in [0.05, 0.1) is 11.0 Å². The van der Waals surface area contributed by atoms with Crippen LogP contribution in [0.2, 0.25) is 0 Å². The van der Waals surface area contributed by atoms with Crippen molar-refractivity contribution in [2.24, 2.45) is 5.41 Å². The van der Waals surface area contributed by atoms with Crippen LogP contribution in [0, 0.1) is 5.41 Å². The van der Waals surface area contributed by atoms with E-state index in [2.05, 4.69) is 26.1 Å². The van der Waals surface area contributed by atoms with E-state index in [1.807, 2.05) is 0 Å². The van der Waals surface area contributed by atoms with Gasteiger partial charge < -0.3 is 5.32 Å². The summed E-state index contributed by atoms with van der Waals surface area (Å²) in [5, 5.41) is 3.19. The lowest BCUT2D eigenvalue weighted by Gasteiger charge is -2.18. The van der Waals surface area contributed by atoms with Gasteiger partial charge in [-0.05, 0) is 31.2 Å².